The lowest BCUT2D eigenvalue weighted by Crippen LogP contribution is -2.08. The van der Waals surface area contributed by atoms with Gasteiger partial charge in [0.2, 0.25) is 5.82 Å². The lowest BCUT2D eigenvalue weighted by Gasteiger charge is -2.08. The second-order valence-electron chi connectivity index (χ2n) is 4.38. The molecule has 0 aliphatic rings. The number of hydrogen-bond donors (Lipinski definition) is 2. The molecule has 2 rings (SSSR count). The van der Waals surface area contributed by atoms with E-state index in [0.29, 0.717) is 11.3 Å². The molecule has 0 fully saturated rings. The number of nitrogens with zero attached hydrogens (tertiary/aromatic N) is 1. The molecule has 0 bridgehead atoms. The highest BCUT2D eigenvalue weighted by Crippen LogP contribution is 2.27. The Morgan fingerprint density at radius 3 is 1.82 bits per heavy atom. The Morgan fingerprint density at radius 2 is 1.32 bits per heavy atom. The summed E-state index contributed by atoms with van der Waals surface area (Å²) in [5, 5.41) is 3.62. The molecule has 0 unspecified atom stereocenters. The van der Waals surface area contributed by atoms with Gasteiger partial charge < -0.3 is 5.73 Å². The minimum absolute atomic E-state index is 0.268. The van der Waals surface area contributed by atoms with Gasteiger partial charge >= 0.3 is 0 Å². The summed E-state index contributed by atoms with van der Waals surface area (Å²) in [6.45, 7) is 1.49. The van der Waals surface area contributed by atoms with Crippen molar-refractivity contribution in [2.45, 2.75) is 6.92 Å². The fourth-order valence-electron chi connectivity index (χ4n) is 1.63. The van der Waals surface area contributed by atoms with Crippen molar-refractivity contribution in [1.82, 2.24) is 0 Å². The van der Waals surface area contributed by atoms with Crippen molar-refractivity contribution in [2.24, 2.45) is 5.10 Å². The molecule has 0 atom stereocenters. The molecule has 0 radical (unpaired) electrons. The Bertz CT molecular complexity index is 712. The summed E-state index contributed by atoms with van der Waals surface area (Å²) in [5.74, 6) is -10.3. The molecule has 3 N–H and O–H groups in total. The van der Waals surface area contributed by atoms with E-state index in [2.05, 4.69) is 5.10 Å². The van der Waals surface area contributed by atoms with Gasteiger partial charge in [-0.05, 0) is 24.6 Å². The molecule has 0 aliphatic heterocycles. The van der Waals surface area contributed by atoms with Crippen LogP contribution in [0.4, 0.5) is 33.3 Å². The summed E-state index contributed by atoms with van der Waals surface area (Å²) in [6.07, 6.45) is 0. The zero-order valence-electron chi connectivity index (χ0n) is 11.2. The second kappa shape index (κ2) is 6.00. The summed E-state index contributed by atoms with van der Waals surface area (Å²) in [7, 11) is 0. The van der Waals surface area contributed by atoms with Crippen molar-refractivity contribution >= 4 is 17.1 Å². The van der Waals surface area contributed by atoms with Crippen LogP contribution in [0.1, 0.15) is 12.5 Å². The van der Waals surface area contributed by atoms with E-state index in [9.17, 15) is 22.0 Å². The molecule has 8 heteroatoms. The van der Waals surface area contributed by atoms with Crippen LogP contribution in [-0.4, -0.2) is 5.71 Å². The highest BCUT2D eigenvalue weighted by molar-refractivity contribution is 5.99. The van der Waals surface area contributed by atoms with Crippen molar-refractivity contribution in [3.05, 3.63) is 58.9 Å². The molecule has 2 aromatic rings. The van der Waals surface area contributed by atoms with Gasteiger partial charge in [-0.1, -0.05) is 12.1 Å². The fraction of sp³-hybridized carbons (Fsp3) is 0.0714. The van der Waals surface area contributed by atoms with Gasteiger partial charge in [0.15, 0.2) is 23.3 Å². The molecule has 0 amide bonds. The maximum atomic E-state index is 13.4. The summed E-state index contributed by atoms with van der Waals surface area (Å²) in [4.78, 5) is 0. The predicted molar refractivity (Wildman–Crippen MR) is 72.9 cm³/mol. The van der Waals surface area contributed by atoms with E-state index in [1.54, 1.807) is 24.3 Å². The molecular formula is C14H10F5N3. The average molecular weight is 315 g/mol. The Morgan fingerprint density at radius 1 is 0.864 bits per heavy atom. The number of benzene rings is 2. The molecule has 3 nitrogen and oxygen atoms in total. The van der Waals surface area contributed by atoms with E-state index in [4.69, 9.17) is 5.73 Å². The maximum absolute atomic E-state index is 13.4. The van der Waals surface area contributed by atoms with E-state index in [1.165, 1.54) is 6.92 Å². The lowest BCUT2D eigenvalue weighted by atomic mass is 10.1. The summed E-state index contributed by atoms with van der Waals surface area (Å²) >= 11 is 0. The number of anilines is 2. The molecule has 0 saturated carbocycles. The smallest absolute Gasteiger partial charge is 0.200 e. The Hall–Kier alpha value is -2.64. The van der Waals surface area contributed by atoms with Gasteiger partial charge in [-0.3, -0.25) is 5.43 Å². The molecule has 0 spiro atoms. The highest BCUT2D eigenvalue weighted by Gasteiger charge is 2.25. The fourth-order valence-corrected chi connectivity index (χ4v) is 1.63. The van der Waals surface area contributed by atoms with E-state index in [1.807, 2.05) is 5.43 Å². The maximum Gasteiger partial charge on any atom is 0.200 e. The Kier molecular flexibility index (Phi) is 4.30. The third kappa shape index (κ3) is 2.85. The minimum atomic E-state index is -2.22. The Labute approximate surface area is 122 Å². The first-order chi connectivity index (χ1) is 10.3. The number of hydrazone groups is 1. The van der Waals surface area contributed by atoms with E-state index in [0.717, 1.165) is 0 Å². The quantitative estimate of drug-likeness (QED) is 0.226. The van der Waals surface area contributed by atoms with Crippen molar-refractivity contribution in [1.29, 1.82) is 0 Å². The van der Waals surface area contributed by atoms with Crippen LogP contribution in [0.25, 0.3) is 0 Å². The number of halogens is 5. The molecule has 2 aromatic carbocycles. The molecule has 0 aromatic heterocycles. The lowest BCUT2D eigenvalue weighted by molar-refractivity contribution is 0.381. The summed E-state index contributed by atoms with van der Waals surface area (Å²) < 4.78 is 65.8. The third-order valence-electron chi connectivity index (χ3n) is 2.87. The van der Waals surface area contributed by atoms with Crippen molar-refractivity contribution < 1.29 is 22.0 Å². The molecule has 22 heavy (non-hydrogen) atoms. The van der Waals surface area contributed by atoms with Crippen LogP contribution >= 0.6 is 0 Å². The molecule has 0 saturated heterocycles. The SMILES string of the molecule is C/C(=N/Nc1c(F)c(F)c(F)c(F)c1F)c1ccc(N)cc1. The van der Waals surface area contributed by atoms with Gasteiger partial charge in [0, 0.05) is 5.69 Å². The zero-order chi connectivity index (χ0) is 16.4. The summed E-state index contributed by atoms with van der Waals surface area (Å²) in [6, 6.07) is 6.34. The number of nitrogen functional groups attached to an aromatic ring is 1. The first kappa shape index (κ1) is 15.7. The molecule has 116 valence electrons. The standard InChI is InChI=1S/C14H10F5N3/c1-6(7-2-4-8(20)5-3-7)21-22-14-12(18)10(16)9(15)11(17)13(14)19/h2-5,22H,20H2,1H3/b21-6-. The first-order valence-electron chi connectivity index (χ1n) is 6.00. The number of nitrogens with one attached hydrogen (secondary N) is 1. The van der Waals surface area contributed by atoms with Crippen molar-refractivity contribution in [3.8, 4) is 0 Å². The van der Waals surface area contributed by atoms with Gasteiger partial charge in [-0.25, -0.2) is 22.0 Å². The number of nitrogens with two attached hydrogens (primary N) is 1. The number of hydrogen-bond acceptors (Lipinski definition) is 3. The van der Waals surface area contributed by atoms with Gasteiger partial charge in [-0.15, -0.1) is 0 Å². The van der Waals surface area contributed by atoms with Crippen LogP contribution in [0.3, 0.4) is 0 Å². The largest absolute Gasteiger partial charge is 0.399 e. The zero-order valence-corrected chi connectivity index (χ0v) is 11.2. The molecule has 0 heterocycles. The van der Waals surface area contributed by atoms with Gasteiger partial charge in [0.1, 0.15) is 5.69 Å². The molecular weight excluding hydrogens is 305 g/mol. The van der Waals surface area contributed by atoms with Crippen LogP contribution in [0.5, 0.6) is 0 Å². The van der Waals surface area contributed by atoms with Crippen LogP contribution < -0.4 is 11.2 Å². The highest BCUT2D eigenvalue weighted by atomic mass is 19.2. The van der Waals surface area contributed by atoms with Crippen LogP contribution in [0.2, 0.25) is 0 Å². The van der Waals surface area contributed by atoms with Crippen LogP contribution in [0, 0.1) is 29.1 Å². The van der Waals surface area contributed by atoms with Gasteiger partial charge in [0.05, 0.1) is 5.71 Å². The number of rotatable bonds is 3. The van der Waals surface area contributed by atoms with Crippen LogP contribution in [-0.2, 0) is 0 Å². The predicted octanol–water partition coefficient (Wildman–Crippen LogP) is 3.80. The third-order valence-corrected chi connectivity index (χ3v) is 2.87. The normalized spacial score (nSPS) is 11.6. The molecule has 0 aliphatic carbocycles. The average Bonchev–Trinajstić information content (AvgIpc) is 2.51. The van der Waals surface area contributed by atoms with E-state index in [-0.39, 0.29) is 5.71 Å². The van der Waals surface area contributed by atoms with Gasteiger partial charge in [0.25, 0.3) is 0 Å². The Balaban J connectivity index is 2.35. The van der Waals surface area contributed by atoms with E-state index < -0.39 is 34.8 Å². The van der Waals surface area contributed by atoms with Crippen LogP contribution in [0.15, 0.2) is 29.4 Å². The minimum Gasteiger partial charge on any atom is -0.399 e. The van der Waals surface area contributed by atoms with Crippen molar-refractivity contribution in [3.63, 3.8) is 0 Å². The van der Waals surface area contributed by atoms with Gasteiger partial charge in [-0.2, -0.15) is 5.10 Å². The first-order valence-corrected chi connectivity index (χ1v) is 6.00. The summed E-state index contributed by atoms with van der Waals surface area (Å²) in [5.41, 5.74) is 7.48. The van der Waals surface area contributed by atoms with E-state index >= 15 is 0 Å². The second-order valence-corrected chi connectivity index (χ2v) is 4.38. The topological polar surface area (TPSA) is 50.4 Å². The van der Waals surface area contributed by atoms with Crippen molar-refractivity contribution in [2.75, 3.05) is 11.2 Å². The monoisotopic (exact) mass is 315 g/mol.